The fourth-order valence-corrected chi connectivity index (χ4v) is 3.51. The monoisotopic (exact) mass is 423 g/mol. The molecule has 0 fully saturated rings. The molecule has 0 aliphatic heterocycles. The van der Waals surface area contributed by atoms with E-state index in [4.69, 9.17) is 4.52 Å². The normalized spacial score (nSPS) is 10.9. The highest BCUT2D eigenvalue weighted by molar-refractivity contribution is 7.09. The van der Waals surface area contributed by atoms with Crippen molar-refractivity contribution in [2.75, 3.05) is 4.90 Å². The summed E-state index contributed by atoms with van der Waals surface area (Å²) in [7, 11) is 0. The van der Waals surface area contributed by atoms with Gasteiger partial charge in [0.1, 0.15) is 5.82 Å². The van der Waals surface area contributed by atoms with Gasteiger partial charge in [0.05, 0.1) is 17.2 Å². The summed E-state index contributed by atoms with van der Waals surface area (Å²) in [6.45, 7) is 2.22. The fraction of sp³-hybridized carbons (Fsp3) is 0.190. The minimum absolute atomic E-state index is 0.145. The molecule has 3 heterocycles. The molecule has 0 N–H and O–H groups in total. The summed E-state index contributed by atoms with van der Waals surface area (Å²) in [5.74, 6) is 0.294. The number of carbonyl (C=O) groups excluding carboxylic acids is 1. The van der Waals surface area contributed by atoms with Gasteiger partial charge in [0.2, 0.25) is 17.6 Å². The second-order valence-corrected chi connectivity index (χ2v) is 7.63. The van der Waals surface area contributed by atoms with Gasteiger partial charge in [-0.25, -0.2) is 9.37 Å². The minimum atomic E-state index is -0.357. The van der Waals surface area contributed by atoms with Crippen molar-refractivity contribution < 1.29 is 13.7 Å². The smallest absolute Gasteiger partial charge is 0.227 e. The predicted molar refractivity (Wildman–Crippen MR) is 110 cm³/mol. The van der Waals surface area contributed by atoms with Crippen molar-refractivity contribution in [3.63, 3.8) is 0 Å². The van der Waals surface area contributed by atoms with Crippen molar-refractivity contribution >= 4 is 22.9 Å². The van der Waals surface area contributed by atoms with Crippen LogP contribution in [-0.4, -0.2) is 26.0 Å². The first kappa shape index (κ1) is 19.8. The molecule has 0 bridgehead atoms. The summed E-state index contributed by atoms with van der Waals surface area (Å²) in [6.07, 6.45) is 3.76. The molecule has 1 aromatic carbocycles. The zero-order valence-electron chi connectivity index (χ0n) is 16.2. The van der Waals surface area contributed by atoms with Crippen LogP contribution in [0.4, 0.5) is 10.1 Å². The van der Waals surface area contributed by atoms with Gasteiger partial charge in [-0.3, -0.25) is 9.78 Å². The Balaban J connectivity index is 1.47. The standard InChI is InChI=1S/C21H18FN5O2S/c1-14-24-17(13-30-14)12-27(18-6-4-16(22)5-7-18)20(28)9-8-19-25-21(26-29-19)15-3-2-10-23-11-15/h2-7,10-11,13H,8-9,12H2,1H3. The number of rotatable bonds is 7. The molecule has 9 heteroatoms. The molecule has 0 atom stereocenters. The maximum atomic E-state index is 13.3. The van der Waals surface area contributed by atoms with Crippen LogP contribution in [0.15, 0.2) is 58.7 Å². The number of halogens is 1. The Morgan fingerprint density at radius 1 is 1.20 bits per heavy atom. The maximum Gasteiger partial charge on any atom is 0.227 e. The average molecular weight is 423 g/mol. The van der Waals surface area contributed by atoms with Gasteiger partial charge >= 0.3 is 0 Å². The van der Waals surface area contributed by atoms with Crippen LogP contribution in [0.5, 0.6) is 0 Å². The first-order chi connectivity index (χ1) is 14.6. The molecule has 30 heavy (non-hydrogen) atoms. The summed E-state index contributed by atoms with van der Waals surface area (Å²) < 4.78 is 18.6. The van der Waals surface area contributed by atoms with Gasteiger partial charge in [-0.05, 0) is 43.3 Å². The van der Waals surface area contributed by atoms with Crippen LogP contribution in [0, 0.1) is 12.7 Å². The topological polar surface area (TPSA) is 85.0 Å². The maximum absolute atomic E-state index is 13.3. The van der Waals surface area contributed by atoms with Crippen molar-refractivity contribution in [2.45, 2.75) is 26.3 Å². The third-order valence-electron chi connectivity index (χ3n) is 4.37. The second kappa shape index (κ2) is 8.91. The predicted octanol–water partition coefficient (Wildman–Crippen LogP) is 4.20. The van der Waals surface area contributed by atoms with Crippen molar-refractivity contribution in [3.8, 4) is 11.4 Å². The van der Waals surface area contributed by atoms with E-state index in [9.17, 15) is 9.18 Å². The molecule has 0 aliphatic rings. The molecule has 0 aliphatic carbocycles. The van der Waals surface area contributed by atoms with E-state index >= 15 is 0 Å². The molecule has 0 radical (unpaired) electrons. The number of hydrogen-bond acceptors (Lipinski definition) is 7. The fourth-order valence-electron chi connectivity index (χ4n) is 2.90. The van der Waals surface area contributed by atoms with E-state index in [1.54, 1.807) is 35.5 Å². The third kappa shape index (κ3) is 4.74. The number of aromatic nitrogens is 4. The minimum Gasteiger partial charge on any atom is -0.339 e. The molecule has 0 saturated heterocycles. The molecule has 0 unspecified atom stereocenters. The van der Waals surface area contributed by atoms with E-state index in [2.05, 4.69) is 20.1 Å². The Morgan fingerprint density at radius 2 is 2.03 bits per heavy atom. The van der Waals surface area contributed by atoms with E-state index in [1.807, 2.05) is 18.4 Å². The Kier molecular flexibility index (Phi) is 5.89. The Hall–Kier alpha value is -3.46. The first-order valence-corrected chi connectivity index (χ1v) is 10.2. The lowest BCUT2D eigenvalue weighted by Gasteiger charge is -2.22. The zero-order chi connectivity index (χ0) is 20.9. The number of hydrogen-bond donors (Lipinski definition) is 0. The van der Waals surface area contributed by atoms with E-state index in [-0.39, 0.29) is 18.1 Å². The van der Waals surface area contributed by atoms with Crippen molar-refractivity contribution in [3.05, 3.63) is 76.6 Å². The van der Waals surface area contributed by atoms with Crippen molar-refractivity contribution in [1.29, 1.82) is 0 Å². The highest BCUT2D eigenvalue weighted by atomic mass is 32.1. The van der Waals surface area contributed by atoms with Gasteiger partial charge in [-0.2, -0.15) is 4.98 Å². The molecular formula is C21H18FN5O2S. The number of pyridine rings is 1. The van der Waals surface area contributed by atoms with Crippen LogP contribution in [0.2, 0.25) is 0 Å². The number of thiazole rings is 1. The molecule has 3 aromatic heterocycles. The van der Waals surface area contributed by atoms with Gasteiger partial charge in [0, 0.05) is 41.9 Å². The second-order valence-electron chi connectivity index (χ2n) is 6.57. The van der Waals surface area contributed by atoms with E-state index in [1.165, 1.54) is 23.5 Å². The quantitative estimate of drug-likeness (QED) is 0.443. The van der Waals surface area contributed by atoms with Crippen molar-refractivity contribution in [1.82, 2.24) is 20.1 Å². The summed E-state index contributed by atoms with van der Waals surface area (Å²) in [5, 5.41) is 6.78. The number of benzene rings is 1. The molecule has 0 saturated carbocycles. The van der Waals surface area contributed by atoms with E-state index < -0.39 is 0 Å². The van der Waals surface area contributed by atoms with Crippen LogP contribution < -0.4 is 4.90 Å². The van der Waals surface area contributed by atoms with Gasteiger partial charge in [-0.15, -0.1) is 11.3 Å². The van der Waals surface area contributed by atoms with Crippen LogP contribution in [-0.2, 0) is 17.8 Å². The summed E-state index contributed by atoms with van der Waals surface area (Å²) >= 11 is 1.52. The summed E-state index contributed by atoms with van der Waals surface area (Å²) in [4.78, 5) is 27.4. The first-order valence-electron chi connectivity index (χ1n) is 9.28. The van der Waals surface area contributed by atoms with Crippen LogP contribution >= 0.6 is 11.3 Å². The van der Waals surface area contributed by atoms with E-state index in [0.29, 0.717) is 30.4 Å². The third-order valence-corrected chi connectivity index (χ3v) is 5.19. The molecule has 0 spiro atoms. The Labute approximate surface area is 176 Å². The number of amides is 1. The van der Waals surface area contributed by atoms with Gasteiger partial charge in [0.15, 0.2) is 0 Å². The SMILES string of the molecule is Cc1nc(CN(C(=O)CCc2nc(-c3cccnc3)no2)c2ccc(F)cc2)cs1. The summed E-state index contributed by atoms with van der Waals surface area (Å²) in [6, 6.07) is 9.45. The van der Waals surface area contributed by atoms with Gasteiger partial charge in [0.25, 0.3) is 0 Å². The van der Waals surface area contributed by atoms with Crippen LogP contribution in [0.1, 0.15) is 23.0 Å². The molecule has 152 valence electrons. The largest absolute Gasteiger partial charge is 0.339 e. The highest BCUT2D eigenvalue weighted by Gasteiger charge is 2.19. The Morgan fingerprint density at radius 3 is 2.73 bits per heavy atom. The van der Waals surface area contributed by atoms with E-state index in [0.717, 1.165) is 16.3 Å². The van der Waals surface area contributed by atoms with Crippen LogP contribution in [0.3, 0.4) is 0 Å². The molecule has 1 amide bonds. The lowest BCUT2D eigenvalue weighted by Crippen LogP contribution is -2.30. The molecule has 7 nitrogen and oxygen atoms in total. The molecule has 4 aromatic rings. The molecule has 4 rings (SSSR count). The lowest BCUT2D eigenvalue weighted by atomic mass is 10.2. The van der Waals surface area contributed by atoms with Gasteiger partial charge in [-0.1, -0.05) is 5.16 Å². The highest BCUT2D eigenvalue weighted by Crippen LogP contribution is 2.21. The average Bonchev–Trinajstić information content (AvgIpc) is 3.41. The van der Waals surface area contributed by atoms with Gasteiger partial charge < -0.3 is 9.42 Å². The molecular weight excluding hydrogens is 405 g/mol. The number of nitrogens with zero attached hydrogens (tertiary/aromatic N) is 5. The Bertz CT molecular complexity index is 1130. The van der Waals surface area contributed by atoms with Crippen molar-refractivity contribution in [2.24, 2.45) is 0 Å². The number of aryl methyl sites for hydroxylation is 2. The zero-order valence-corrected chi connectivity index (χ0v) is 17.0. The summed E-state index contributed by atoms with van der Waals surface area (Å²) in [5.41, 5.74) is 2.13. The number of carbonyl (C=O) groups is 1. The van der Waals surface area contributed by atoms with Crippen LogP contribution in [0.25, 0.3) is 11.4 Å². The number of anilines is 1. The lowest BCUT2D eigenvalue weighted by molar-refractivity contribution is -0.118.